The number of ether oxygens (including phenoxy) is 1. The molecule has 3 rings (SSSR count). The second kappa shape index (κ2) is 7.19. The molecule has 1 saturated carbocycles. The highest BCUT2D eigenvalue weighted by Gasteiger charge is 2.46. The summed E-state index contributed by atoms with van der Waals surface area (Å²) in [7, 11) is 0. The number of benzene rings is 2. The van der Waals surface area contributed by atoms with Gasteiger partial charge in [-0.3, -0.25) is 4.79 Å². The molecule has 2 N–H and O–H groups in total. The zero-order valence-corrected chi connectivity index (χ0v) is 13.8. The molecule has 0 radical (unpaired) electrons. The molecule has 1 aliphatic carbocycles. The quantitative estimate of drug-likeness (QED) is 0.839. The van der Waals surface area contributed by atoms with Gasteiger partial charge in [0.2, 0.25) is 5.91 Å². The number of hydrogen-bond donors (Lipinski definition) is 2. The Labute approximate surface area is 144 Å². The summed E-state index contributed by atoms with van der Waals surface area (Å²) >= 11 is 0. The molecule has 2 atom stereocenters. The van der Waals surface area contributed by atoms with Crippen molar-refractivity contribution in [1.82, 2.24) is 0 Å². The normalized spacial score (nSPS) is 18.7. The molecule has 2 aromatic carbocycles. The number of halogens is 2. The molecule has 0 aliphatic heterocycles. The summed E-state index contributed by atoms with van der Waals surface area (Å²) in [6.45, 7) is 2.09. The van der Waals surface area contributed by atoms with Gasteiger partial charge < -0.3 is 15.2 Å². The first-order chi connectivity index (χ1) is 12.0. The molecule has 0 bridgehead atoms. The largest absolute Gasteiger partial charge is 0.494 e. The maximum absolute atomic E-state index is 13.8. The molecule has 1 amide bonds. The first-order valence-electron chi connectivity index (χ1n) is 8.16. The van der Waals surface area contributed by atoms with E-state index in [1.54, 1.807) is 18.2 Å². The van der Waals surface area contributed by atoms with Crippen molar-refractivity contribution in [2.24, 2.45) is 5.92 Å². The summed E-state index contributed by atoms with van der Waals surface area (Å²) in [4.78, 5) is 12.3. The Morgan fingerprint density at radius 1 is 1.28 bits per heavy atom. The summed E-state index contributed by atoms with van der Waals surface area (Å²) in [5, 5.41) is 12.1. The van der Waals surface area contributed by atoms with Crippen LogP contribution in [0.3, 0.4) is 0 Å². The van der Waals surface area contributed by atoms with Crippen molar-refractivity contribution >= 4 is 11.6 Å². The van der Waals surface area contributed by atoms with Crippen molar-refractivity contribution < 1.29 is 23.4 Å². The van der Waals surface area contributed by atoms with Gasteiger partial charge in [0, 0.05) is 28.7 Å². The molecule has 6 heteroatoms. The van der Waals surface area contributed by atoms with Crippen LogP contribution < -0.4 is 10.1 Å². The molecule has 25 heavy (non-hydrogen) atoms. The molecule has 2 aromatic rings. The van der Waals surface area contributed by atoms with E-state index in [0.717, 1.165) is 0 Å². The van der Waals surface area contributed by atoms with Gasteiger partial charge in [-0.1, -0.05) is 6.07 Å². The fourth-order valence-electron chi connectivity index (χ4n) is 2.98. The summed E-state index contributed by atoms with van der Waals surface area (Å²) in [5.41, 5.74) is 1.05. The molecular weight excluding hydrogens is 328 g/mol. The van der Waals surface area contributed by atoms with Crippen molar-refractivity contribution in [3.8, 4) is 5.75 Å². The van der Waals surface area contributed by atoms with Gasteiger partial charge in [0.05, 0.1) is 13.2 Å². The van der Waals surface area contributed by atoms with E-state index in [0.29, 0.717) is 30.0 Å². The third-order valence-corrected chi connectivity index (χ3v) is 4.30. The predicted octanol–water partition coefficient (Wildman–Crippen LogP) is 3.60. The average Bonchev–Trinajstić information content (AvgIpc) is 3.36. The van der Waals surface area contributed by atoms with E-state index in [9.17, 15) is 18.7 Å². The van der Waals surface area contributed by atoms with Crippen LogP contribution in [0, 0.1) is 17.6 Å². The molecule has 1 fully saturated rings. The number of hydrogen-bond acceptors (Lipinski definition) is 3. The molecule has 132 valence electrons. The van der Waals surface area contributed by atoms with Gasteiger partial charge in [-0.25, -0.2) is 8.78 Å². The van der Waals surface area contributed by atoms with Gasteiger partial charge in [0.25, 0.3) is 0 Å². The van der Waals surface area contributed by atoms with Crippen LogP contribution in [0.4, 0.5) is 14.5 Å². The van der Waals surface area contributed by atoms with Crippen molar-refractivity contribution in [1.29, 1.82) is 0 Å². The Morgan fingerprint density at radius 2 is 2.00 bits per heavy atom. The van der Waals surface area contributed by atoms with Gasteiger partial charge in [0.15, 0.2) is 0 Å². The predicted molar refractivity (Wildman–Crippen MR) is 89.4 cm³/mol. The van der Waals surface area contributed by atoms with Gasteiger partial charge in [-0.05, 0) is 43.7 Å². The lowest BCUT2D eigenvalue weighted by Gasteiger charge is -2.11. The minimum Gasteiger partial charge on any atom is -0.494 e. The smallest absolute Gasteiger partial charge is 0.228 e. The number of carbonyl (C=O) groups excluding carboxylic acids is 1. The highest BCUT2D eigenvalue weighted by molar-refractivity contribution is 5.95. The molecule has 0 saturated heterocycles. The number of amides is 1. The summed E-state index contributed by atoms with van der Waals surface area (Å²) in [6.07, 6.45) is 0.410. The lowest BCUT2D eigenvalue weighted by Crippen LogP contribution is -2.15. The third kappa shape index (κ3) is 3.64. The van der Waals surface area contributed by atoms with E-state index in [2.05, 4.69) is 5.32 Å². The topological polar surface area (TPSA) is 58.6 Å². The zero-order chi connectivity index (χ0) is 18.0. The number of aliphatic hydroxyl groups is 1. The van der Waals surface area contributed by atoms with Crippen LogP contribution in [0.25, 0.3) is 0 Å². The van der Waals surface area contributed by atoms with Gasteiger partial charge >= 0.3 is 0 Å². The Kier molecular flexibility index (Phi) is 4.99. The van der Waals surface area contributed by atoms with Crippen LogP contribution in [0.5, 0.6) is 5.75 Å². The second-order valence-electron chi connectivity index (χ2n) is 5.99. The lowest BCUT2D eigenvalue weighted by molar-refractivity contribution is -0.117. The maximum atomic E-state index is 13.8. The molecule has 0 aromatic heterocycles. The van der Waals surface area contributed by atoms with Gasteiger partial charge in [-0.15, -0.1) is 0 Å². The molecule has 0 spiro atoms. The van der Waals surface area contributed by atoms with Crippen LogP contribution in [0.2, 0.25) is 0 Å². The molecule has 2 unspecified atom stereocenters. The van der Waals surface area contributed by atoms with Crippen LogP contribution in [-0.4, -0.2) is 17.6 Å². The fourth-order valence-corrected chi connectivity index (χ4v) is 2.98. The minimum absolute atomic E-state index is 0.0228. The number of rotatable bonds is 6. The van der Waals surface area contributed by atoms with E-state index in [1.165, 1.54) is 18.2 Å². The number of nitrogens with one attached hydrogen (secondary N) is 1. The highest BCUT2D eigenvalue weighted by Crippen LogP contribution is 2.49. The molecule has 0 heterocycles. The van der Waals surface area contributed by atoms with Crippen molar-refractivity contribution in [2.45, 2.75) is 25.9 Å². The van der Waals surface area contributed by atoms with Crippen LogP contribution in [0.1, 0.15) is 30.4 Å². The zero-order valence-electron chi connectivity index (χ0n) is 13.8. The van der Waals surface area contributed by atoms with Crippen LogP contribution in [-0.2, 0) is 11.4 Å². The standard InChI is InChI=1S/C19H19F2NO3/c1-2-25-17-7-6-12(8-11(17)10-23)22-19(24)14-9-13(14)18-15(20)4-3-5-16(18)21/h3-8,13-14,23H,2,9-10H2,1H3,(H,22,24). The number of anilines is 1. The Bertz CT molecular complexity index is 774. The fraction of sp³-hybridized carbons (Fsp3) is 0.316. The second-order valence-corrected chi connectivity index (χ2v) is 5.99. The first kappa shape index (κ1) is 17.4. The number of aliphatic hydroxyl groups excluding tert-OH is 1. The summed E-state index contributed by atoms with van der Waals surface area (Å²) in [5.74, 6) is -1.88. The Hall–Kier alpha value is -2.47. The van der Waals surface area contributed by atoms with Crippen molar-refractivity contribution in [3.63, 3.8) is 0 Å². The Balaban J connectivity index is 1.70. The first-order valence-corrected chi connectivity index (χ1v) is 8.16. The van der Waals surface area contributed by atoms with Crippen molar-refractivity contribution in [2.75, 3.05) is 11.9 Å². The van der Waals surface area contributed by atoms with Gasteiger partial charge in [-0.2, -0.15) is 0 Å². The minimum atomic E-state index is -0.621. The summed E-state index contributed by atoms with van der Waals surface area (Å²) in [6, 6.07) is 8.68. The molecule has 4 nitrogen and oxygen atoms in total. The van der Waals surface area contributed by atoms with Crippen LogP contribution in [0.15, 0.2) is 36.4 Å². The Morgan fingerprint density at radius 3 is 2.64 bits per heavy atom. The van der Waals surface area contributed by atoms with E-state index in [-0.39, 0.29) is 18.1 Å². The number of carbonyl (C=O) groups is 1. The molecular formula is C19H19F2NO3. The van der Waals surface area contributed by atoms with E-state index in [1.807, 2.05) is 6.92 Å². The van der Waals surface area contributed by atoms with E-state index in [4.69, 9.17) is 4.74 Å². The SMILES string of the molecule is CCOc1ccc(NC(=O)C2CC2c2c(F)cccc2F)cc1CO. The average molecular weight is 347 g/mol. The lowest BCUT2D eigenvalue weighted by atomic mass is 10.1. The maximum Gasteiger partial charge on any atom is 0.228 e. The summed E-state index contributed by atoms with van der Waals surface area (Å²) < 4.78 is 33.0. The third-order valence-electron chi connectivity index (χ3n) is 4.30. The van der Waals surface area contributed by atoms with Gasteiger partial charge in [0.1, 0.15) is 17.4 Å². The monoisotopic (exact) mass is 347 g/mol. The van der Waals surface area contributed by atoms with Crippen LogP contribution >= 0.6 is 0 Å². The molecule has 1 aliphatic rings. The highest BCUT2D eigenvalue weighted by atomic mass is 19.1. The van der Waals surface area contributed by atoms with E-state index < -0.39 is 23.5 Å². The van der Waals surface area contributed by atoms with Crippen molar-refractivity contribution in [3.05, 3.63) is 59.2 Å². The van der Waals surface area contributed by atoms with E-state index >= 15 is 0 Å².